The Labute approximate surface area is 148 Å². The summed E-state index contributed by atoms with van der Waals surface area (Å²) in [4.78, 5) is 27.1. The second-order valence-corrected chi connectivity index (χ2v) is 6.40. The zero-order valence-electron chi connectivity index (χ0n) is 15.3. The van der Waals surface area contributed by atoms with E-state index in [0.717, 1.165) is 0 Å². The minimum atomic E-state index is -1.56. The molecule has 25 heavy (non-hydrogen) atoms. The standard InChI is InChI=1S/C19H27NO5/c1-5-24-17(21)15-12-20(4)13(3)19(23,14-10-8-7-9-11-14)16(15)18(22)25-6-2/h7-11,13,15-16,23H,5-6,12H2,1-4H3/t13-,15+,16+,19-/m0/s1. The first-order valence-corrected chi connectivity index (χ1v) is 8.69. The molecule has 0 amide bonds. The summed E-state index contributed by atoms with van der Waals surface area (Å²) in [5.41, 5.74) is -0.973. The Morgan fingerprint density at radius 3 is 2.28 bits per heavy atom. The van der Waals surface area contributed by atoms with Gasteiger partial charge in [-0.25, -0.2) is 0 Å². The number of carbonyl (C=O) groups excluding carboxylic acids is 2. The molecule has 1 aromatic rings. The van der Waals surface area contributed by atoms with Gasteiger partial charge in [0.1, 0.15) is 11.5 Å². The molecule has 0 radical (unpaired) electrons. The van der Waals surface area contributed by atoms with Gasteiger partial charge in [-0.2, -0.15) is 0 Å². The number of benzene rings is 1. The Morgan fingerprint density at radius 2 is 1.72 bits per heavy atom. The molecule has 0 spiro atoms. The Kier molecular flexibility index (Phi) is 6.19. The quantitative estimate of drug-likeness (QED) is 0.813. The molecule has 2 rings (SSSR count). The third-order valence-corrected chi connectivity index (χ3v) is 5.03. The highest BCUT2D eigenvalue weighted by atomic mass is 16.5. The Bertz CT molecular complexity index is 605. The zero-order valence-corrected chi connectivity index (χ0v) is 15.3. The van der Waals surface area contributed by atoms with Crippen molar-refractivity contribution in [3.05, 3.63) is 35.9 Å². The highest BCUT2D eigenvalue weighted by Crippen LogP contribution is 2.44. The third-order valence-electron chi connectivity index (χ3n) is 5.03. The lowest BCUT2D eigenvalue weighted by atomic mass is 9.67. The van der Waals surface area contributed by atoms with Gasteiger partial charge in [0.25, 0.3) is 0 Å². The summed E-state index contributed by atoms with van der Waals surface area (Å²) in [6.45, 7) is 5.99. The molecule has 6 heteroatoms. The molecule has 0 bridgehead atoms. The minimum absolute atomic E-state index is 0.181. The van der Waals surface area contributed by atoms with Gasteiger partial charge in [0.2, 0.25) is 0 Å². The van der Waals surface area contributed by atoms with Crippen LogP contribution in [0.25, 0.3) is 0 Å². The Balaban J connectivity index is 2.57. The smallest absolute Gasteiger partial charge is 0.313 e. The summed E-state index contributed by atoms with van der Waals surface area (Å²) in [6, 6.07) is 8.60. The Hall–Kier alpha value is -1.92. The summed E-state index contributed by atoms with van der Waals surface area (Å²) < 4.78 is 10.4. The van der Waals surface area contributed by atoms with Crippen molar-refractivity contribution in [2.75, 3.05) is 26.8 Å². The van der Waals surface area contributed by atoms with E-state index in [1.807, 2.05) is 24.9 Å². The summed E-state index contributed by atoms with van der Waals surface area (Å²) in [6.07, 6.45) is 0. The van der Waals surface area contributed by atoms with Crippen LogP contribution >= 0.6 is 0 Å². The molecule has 1 N–H and O–H groups in total. The number of carbonyl (C=O) groups is 2. The van der Waals surface area contributed by atoms with Crippen LogP contribution in [-0.4, -0.2) is 54.8 Å². The lowest BCUT2D eigenvalue weighted by Gasteiger charge is -2.50. The van der Waals surface area contributed by atoms with E-state index in [9.17, 15) is 14.7 Å². The van der Waals surface area contributed by atoms with Gasteiger partial charge in [0.05, 0.1) is 19.1 Å². The van der Waals surface area contributed by atoms with Crippen LogP contribution in [0.1, 0.15) is 26.3 Å². The van der Waals surface area contributed by atoms with Crippen LogP contribution < -0.4 is 0 Å². The summed E-state index contributed by atoms with van der Waals surface area (Å²) in [5, 5.41) is 11.7. The predicted molar refractivity (Wildman–Crippen MR) is 92.7 cm³/mol. The van der Waals surface area contributed by atoms with Crippen molar-refractivity contribution in [1.29, 1.82) is 0 Å². The van der Waals surface area contributed by atoms with Crippen LogP contribution in [0.15, 0.2) is 30.3 Å². The SMILES string of the molecule is CCOC(=O)[C@@H]1CN(C)[C@@H](C)[C@](O)(c2ccccc2)[C@H]1C(=O)OCC. The van der Waals surface area contributed by atoms with Crippen LogP contribution in [0.4, 0.5) is 0 Å². The number of hydrogen-bond acceptors (Lipinski definition) is 6. The van der Waals surface area contributed by atoms with E-state index in [-0.39, 0.29) is 19.3 Å². The molecule has 6 nitrogen and oxygen atoms in total. The molecule has 0 aliphatic carbocycles. The van der Waals surface area contributed by atoms with Crippen LogP contribution in [0.3, 0.4) is 0 Å². The van der Waals surface area contributed by atoms with Crippen molar-refractivity contribution >= 4 is 11.9 Å². The first-order valence-electron chi connectivity index (χ1n) is 8.69. The monoisotopic (exact) mass is 349 g/mol. The fourth-order valence-electron chi connectivity index (χ4n) is 3.64. The van der Waals surface area contributed by atoms with Crippen molar-refractivity contribution < 1.29 is 24.2 Å². The van der Waals surface area contributed by atoms with E-state index in [2.05, 4.69) is 0 Å². The predicted octanol–water partition coefficient (Wildman–Crippen LogP) is 1.57. The van der Waals surface area contributed by atoms with Gasteiger partial charge in [0.15, 0.2) is 0 Å². The molecule has 1 heterocycles. The van der Waals surface area contributed by atoms with E-state index in [1.54, 1.807) is 38.1 Å². The lowest BCUT2D eigenvalue weighted by Crippen LogP contribution is -2.64. The van der Waals surface area contributed by atoms with Gasteiger partial charge in [0, 0.05) is 12.6 Å². The number of hydrogen-bond donors (Lipinski definition) is 1. The molecule has 1 saturated heterocycles. The van der Waals surface area contributed by atoms with Crippen LogP contribution in [0.5, 0.6) is 0 Å². The molecule has 1 aromatic carbocycles. The first-order chi connectivity index (χ1) is 11.9. The fraction of sp³-hybridized carbons (Fsp3) is 0.579. The number of aliphatic hydroxyl groups is 1. The summed E-state index contributed by atoms with van der Waals surface area (Å²) in [5.74, 6) is -2.90. The van der Waals surface area contributed by atoms with E-state index >= 15 is 0 Å². The zero-order chi connectivity index (χ0) is 18.6. The maximum Gasteiger partial charge on any atom is 0.313 e. The number of ether oxygens (including phenoxy) is 2. The van der Waals surface area contributed by atoms with Crippen LogP contribution in [-0.2, 0) is 24.7 Å². The number of piperidine rings is 1. The number of likely N-dealkylation sites (tertiary alicyclic amines) is 1. The number of esters is 2. The molecule has 0 saturated carbocycles. The van der Waals surface area contributed by atoms with E-state index in [4.69, 9.17) is 9.47 Å². The maximum atomic E-state index is 12.7. The van der Waals surface area contributed by atoms with Gasteiger partial charge in [-0.3, -0.25) is 14.5 Å². The topological polar surface area (TPSA) is 76.1 Å². The molecule has 0 unspecified atom stereocenters. The molecule has 4 atom stereocenters. The van der Waals surface area contributed by atoms with E-state index < -0.39 is 29.4 Å². The van der Waals surface area contributed by atoms with Gasteiger partial charge >= 0.3 is 11.9 Å². The van der Waals surface area contributed by atoms with E-state index in [0.29, 0.717) is 12.1 Å². The van der Waals surface area contributed by atoms with Crippen LogP contribution in [0.2, 0.25) is 0 Å². The second-order valence-electron chi connectivity index (χ2n) is 6.40. The van der Waals surface area contributed by atoms with Crippen molar-refractivity contribution in [2.24, 2.45) is 11.8 Å². The first kappa shape index (κ1) is 19.4. The average Bonchev–Trinajstić information content (AvgIpc) is 2.60. The Morgan fingerprint density at radius 1 is 1.16 bits per heavy atom. The summed E-state index contributed by atoms with van der Waals surface area (Å²) >= 11 is 0. The van der Waals surface area contributed by atoms with E-state index in [1.165, 1.54) is 0 Å². The van der Waals surface area contributed by atoms with Gasteiger partial charge in [-0.05, 0) is 33.4 Å². The highest BCUT2D eigenvalue weighted by Gasteiger charge is 2.58. The molecule has 0 aromatic heterocycles. The summed E-state index contributed by atoms with van der Waals surface area (Å²) in [7, 11) is 1.83. The van der Waals surface area contributed by atoms with Crippen molar-refractivity contribution in [3.63, 3.8) is 0 Å². The molecule has 1 aliphatic heterocycles. The largest absolute Gasteiger partial charge is 0.466 e. The molecule has 1 fully saturated rings. The van der Waals surface area contributed by atoms with Crippen molar-refractivity contribution in [1.82, 2.24) is 4.90 Å². The number of likely N-dealkylation sites (N-methyl/N-ethyl adjacent to an activating group) is 1. The fourth-order valence-corrected chi connectivity index (χ4v) is 3.64. The normalized spacial score (nSPS) is 29.9. The van der Waals surface area contributed by atoms with Crippen molar-refractivity contribution in [3.8, 4) is 0 Å². The third kappa shape index (κ3) is 3.55. The van der Waals surface area contributed by atoms with Crippen LogP contribution in [0, 0.1) is 11.8 Å². The minimum Gasteiger partial charge on any atom is -0.466 e. The number of rotatable bonds is 5. The average molecular weight is 349 g/mol. The maximum absolute atomic E-state index is 12.7. The van der Waals surface area contributed by atoms with Gasteiger partial charge in [-0.15, -0.1) is 0 Å². The molecule has 1 aliphatic rings. The second kappa shape index (κ2) is 7.97. The molecular formula is C19H27NO5. The highest BCUT2D eigenvalue weighted by molar-refractivity contribution is 5.84. The van der Waals surface area contributed by atoms with Gasteiger partial charge < -0.3 is 14.6 Å². The lowest BCUT2D eigenvalue weighted by molar-refractivity contribution is -0.194. The van der Waals surface area contributed by atoms with Gasteiger partial charge in [-0.1, -0.05) is 30.3 Å². The molecular weight excluding hydrogens is 322 g/mol. The number of nitrogens with zero attached hydrogens (tertiary/aromatic N) is 1. The molecule has 138 valence electrons. The van der Waals surface area contributed by atoms with Crippen molar-refractivity contribution in [2.45, 2.75) is 32.4 Å².